The molecule has 0 aromatic carbocycles. The van der Waals surface area contributed by atoms with Crippen LogP contribution >= 0.6 is 0 Å². The van der Waals surface area contributed by atoms with Gasteiger partial charge >= 0.3 is 0 Å². The van der Waals surface area contributed by atoms with Crippen LogP contribution in [-0.4, -0.2) is 36.8 Å². The van der Waals surface area contributed by atoms with E-state index in [1.165, 1.54) is 12.8 Å². The Kier molecular flexibility index (Phi) is 4.50. The highest BCUT2D eigenvalue weighted by molar-refractivity contribution is 5.79. The first-order valence-corrected chi connectivity index (χ1v) is 5.46. The largest absolute Gasteiger partial charge is 0.396 e. The normalized spacial score (nSPS) is 21.5. The Balaban J connectivity index is 2.26. The van der Waals surface area contributed by atoms with Crippen molar-refractivity contribution in [3.63, 3.8) is 0 Å². The fraction of sp³-hybridized carbons (Fsp3) is 0.900. The molecule has 6 N–H and O–H groups in total. The summed E-state index contributed by atoms with van der Waals surface area (Å²) >= 11 is 0. The number of carbonyl (C=O) groups is 1. The summed E-state index contributed by atoms with van der Waals surface area (Å²) in [5, 5.41) is 12.4. The van der Waals surface area contributed by atoms with Gasteiger partial charge in [0, 0.05) is 25.1 Å². The zero-order valence-electron chi connectivity index (χ0n) is 9.04. The van der Waals surface area contributed by atoms with Gasteiger partial charge < -0.3 is 21.9 Å². The average molecular weight is 215 g/mol. The van der Waals surface area contributed by atoms with E-state index in [0.717, 1.165) is 12.8 Å². The minimum absolute atomic E-state index is 0.00261. The Morgan fingerprint density at radius 2 is 2.07 bits per heavy atom. The summed E-state index contributed by atoms with van der Waals surface area (Å²) < 4.78 is 0. The van der Waals surface area contributed by atoms with Crippen molar-refractivity contribution in [2.75, 3.05) is 19.7 Å². The van der Waals surface area contributed by atoms with Crippen LogP contribution in [0.1, 0.15) is 25.7 Å². The standard InChI is InChI=1S/C10H21N3O2/c11-8(9(12)15)5-13-6-10(7-14)3-1-2-4-10/h8,13-14H,1-7,11H2,(H2,12,15). The summed E-state index contributed by atoms with van der Waals surface area (Å²) in [4.78, 5) is 10.7. The van der Waals surface area contributed by atoms with E-state index in [4.69, 9.17) is 11.5 Å². The summed E-state index contributed by atoms with van der Waals surface area (Å²) in [6.07, 6.45) is 4.43. The number of primary amides is 1. The molecule has 0 aliphatic heterocycles. The number of rotatable bonds is 6. The molecule has 0 radical (unpaired) electrons. The minimum Gasteiger partial charge on any atom is -0.396 e. The summed E-state index contributed by atoms with van der Waals surface area (Å²) in [5.74, 6) is -0.494. The molecular formula is C10H21N3O2. The number of carbonyl (C=O) groups excluding carboxylic acids is 1. The highest BCUT2D eigenvalue weighted by atomic mass is 16.3. The maximum Gasteiger partial charge on any atom is 0.235 e. The van der Waals surface area contributed by atoms with Crippen molar-refractivity contribution in [2.24, 2.45) is 16.9 Å². The first-order valence-electron chi connectivity index (χ1n) is 5.46. The quantitative estimate of drug-likeness (QED) is 0.453. The maximum atomic E-state index is 10.7. The van der Waals surface area contributed by atoms with Gasteiger partial charge in [-0.2, -0.15) is 0 Å². The third-order valence-corrected chi connectivity index (χ3v) is 3.23. The number of amides is 1. The molecule has 88 valence electrons. The summed E-state index contributed by atoms with van der Waals surface area (Å²) in [5.41, 5.74) is 10.5. The fourth-order valence-corrected chi connectivity index (χ4v) is 2.11. The van der Waals surface area contributed by atoms with Gasteiger partial charge in [-0.3, -0.25) is 4.79 Å². The van der Waals surface area contributed by atoms with E-state index in [1.54, 1.807) is 0 Å². The lowest BCUT2D eigenvalue weighted by atomic mass is 9.87. The number of aliphatic hydroxyl groups excluding tert-OH is 1. The molecule has 1 rings (SSSR count). The van der Waals surface area contributed by atoms with Crippen LogP contribution in [-0.2, 0) is 4.79 Å². The molecule has 0 bridgehead atoms. The highest BCUT2D eigenvalue weighted by Crippen LogP contribution is 2.36. The summed E-state index contributed by atoms with van der Waals surface area (Å²) in [6.45, 7) is 1.30. The molecule has 15 heavy (non-hydrogen) atoms. The topological polar surface area (TPSA) is 101 Å². The van der Waals surface area contributed by atoms with Crippen LogP contribution < -0.4 is 16.8 Å². The van der Waals surface area contributed by atoms with Gasteiger partial charge in [-0.25, -0.2) is 0 Å². The van der Waals surface area contributed by atoms with Crippen molar-refractivity contribution in [3.8, 4) is 0 Å². The van der Waals surface area contributed by atoms with Gasteiger partial charge in [0.2, 0.25) is 5.91 Å². The number of nitrogens with two attached hydrogens (primary N) is 2. The molecule has 1 aliphatic carbocycles. The van der Waals surface area contributed by atoms with Crippen molar-refractivity contribution < 1.29 is 9.90 Å². The van der Waals surface area contributed by atoms with Crippen LogP contribution in [0.4, 0.5) is 0 Å². The Bertz CT molecular complexity index is 215. The molecule has 1 fully saturated rings. The second-order valence-electron chi connectivity index (χ2n) is 4.50. The van der Waals surface area contributed by atoms with Crippen LogP contribution in [0.5, 0.6) is 0 Å². The number of hydrogen-bond acceptors (Lipinski definition) is 4. The Hall–Kier alpha value is -0.650. The van der Waals surface area contributed by atoms with Crippen LogP contribution in [0, 0.1) is 5.41 Å². The summed E-state index contributed by atoms with van der Waals surface area (Å²) in [7, 11) is 0. The van der Waals surface area contributed by atoms with Gasteiger partial charge in [0.05, 0.1) is 6.04 Å². The molecule has 1 unspecified atom stereocenters. The molecule has 0 spiro atoms. The predicted molar refractivity (Wildman–Crippen MR) is 58.0 cm³/mol. The lowest BCUT2D eigenvalue weighted by Gasteiger charge is -2.27. The van der Waals surface area contributed by atoms with E-state index in [2.05, 4.69) is 5.32 Å². The van der Waals surface area contributed by atoms with Crippen LogP contribution in [0.2, 0.25) is 0 Å². The zero-order valence-corrected chi connectivity index (χ0v) is 9.04. The second-order valence-corrected chi connectivity index (χ2v) is 4.50. The molecule has 1 saturated carbocycles. The average Bonchev–Trinajstić information content (AvgIpc) is 2.67. The molecular weight excluding hydrogens is 194 g/mol. The molecule has 5 heteroatoms. The number of nitrogens with one attached hydrogen (secondary N) is 1. The Morgan fingerprint density at radius 1 is 1.47 bits per heavy atom. The van der Waals surface area contributed by atoms with Crippen LogP contribution in [0.3, 0.4) is 0 Å². The molecule has 1 amide bonds. The number of hydrogen-bond donors (Lipinski definition) is 4. The fourth-order valence-electron chi connectivity index (χ4n) is 2.11. The van der Waals surface area contributed by atoms with Crippen LogP contribution in [0.25, 0.3) is 0 Å². The second kappa shape index (κ2) is 5.44. The molecule has 0 heterocycles. The smallest absolute Gasteiger partial charge is 0.235 e. The van der Waals surface area contributed by atoms with E-state index in [1.807, 2.05) is 0 Å². The van der Waals surface area contributed by atoms with E-state index in [-0.39, 0.29) is 12.0 Å². The third-order valence-electron chi connectivity index (χ3n) is 3.23. The van der Waals surface area contributed by atoms with E-state index in [9.17, 15) is 9.90 Å². The molecule has 0 aromatic heterocycles. The van der Waals surface area contributed by atoms with E-state index < -0.39 is 11.9 Å². The van der Waals surface area contributed by atoms with Gasteiger partial charge in [-0.05, 0) is 12.8 Å². The van der Waals surface area contributed by atoms with Gasteiger partial charge in [-0.1, -0.05) is 12.8 Å². The van der Waals surface area contributed by atoms with Crippen molar-refractivity contribution >= 4 is 5.91 Å². The molecule has 1 atom stereocenters. The molecule has 0 saturated heterocycles. The minimum atomic E-state index is -0.637. The monoisotopic (exact) mass is 215 g/mol. The van der Waals surface area contributed by atoms with Crippen molar-refractivity contribution in [3.05, 3.63) is 0 Å². The highest BCUT2D eigenvalue weighted by Gasteiger charge is 2.32. The van der Waals surface area contributed by atoms with Gasteiger partial charge in [0.15, 0.2) is 0 Å². The maximum absolute atomic E-state index is 10.7. The van der Waals surface area contributed by atoms with E-state index >= 15 is 0 Å². The Labute approximate surface area is 90.2 Å². The van der Waals surface area contributed by atoms with Gasteiger partial charge in [0.1, 0.15) is 0 Å². The zero-order chi connectivity index (χ0) is 11.3. The van der Waals surface area contributed by atoms with Crippen LogP contribution in [0.15, 0.2) is 0 Å². The molecule has 1 aliphatic rings. The molecule has 5 nitrogen and oxygen atoms in total. The van der Waals surface area contributed by atoms with E-state index in [0.29, 0.717) is 13.1 Å². The lowest BCUT2D eigenvalue weighted by molar-refractivity contribution is -0.119. The Morgan fingerprint density at radius 3 is 2.53 bits per heavy atom. The van der Waals surface area contributed by atoms with Gasteiger partial charge in [-0.15, -0.1) is 0 Å². The number of aliphatic hydroxyl groups is 1. The SMILES string of the molecule is NC(=O)C(N)CNCC1(CO)CCCC1. The first-order chi connectivity index (χ1) is 7.09. The van der Waals surface area contributed by atoms with Crippen molar-refractivity contribution in [1.29, 1.82) is 0 Å². The molecule has 0 aromatic rings. The third kappa shape index (κ3) is 3.44. The summed E-state index contributed by atoms with van der Waals surface area (Å²) in [6, 6.07) is -0.637. The van der Waals surface area contributed by atoms with Crippen molar-refractivity contribution in [2.45, 2.75) is 31.7 Å². The lowest BCUT2D eigenvalue weighted by Crippen LogP contribution is -2.47. The van der Waals surface area contributed by atoms with Crippen molar-refractivity contribution in [1.82, 2.24) is 5.32 Å². The first kappa shape index (κ1) is 12.4. The van der Waals surface area contributed by atoms with Gasteiger partial charge in [0.25, 0.3) is 0 Å². The predicted octanol–water partition coefficient (Wildman–Crippen LogP) is -1.06.